The monoisotopic (exact) mass is 552 g/mol. The Balaban J connectivity index is 0.000000733. The number of carbonyl (C=O) groups excluding carboxylic acids is 2. The van der Waals surface area contributed by atoms with Crippen LogP contribution in [0.5, 0.6) is 0 Å². The summed E-state index contributed by atoms with van der Waals surface area (Å²) in [5.74, 6) is 0.587. The fraction of sp³-hybridized carbons (Fsp3) is 0.483. The molecule has 0 bridgehead atoms. The lowest BCUT2D eigenvalue weighted by molar-refractivity contribution is -0.127. The topological polar surface area (TPSA) is 74.2 Å². The van der Waals surface area contributed by atoms with Crippen LogP contribution in [0.15, 0.2) is 59.4 Å². The average molecular weight is 553 g/mol. The molecule has 1 heterocycles. The van der Waals surface area contributed by atoms with Crippen molar-refractivity contribution < 1.29 is 27.5 Å². The van der Waals surface area contributed by atoms with Crippen LogP contribution in [0.1, 0.15) is 38.3 Å². The van der Waals surface area contributed by atoms with Gasteiger partial charge >= 0.3 is 0 Å². The number of hydrogen-bond donors (Lipinski definition) is 1. The summed E-state index contributed by atoms with van der Waals surface area (Å²) in [4.78, 5) is 23.3. The van der Waals surface area contributed by atoms with Crippen molar-refractivity contribution in [2.45, 2.75) is 46.8 Å². The third-order valence-electron chi connectivity index (χ3n) is 4.88. The number of nitrogens with zero attached hydrogens (tertiary/aromatic N) is 3. The van der Waals surface area contributed by atoms with Crippen LogP contribution in [0.2, 0.25) is 0 Å². The van der Waals surface area contributed by atoms with Gasteiger partial charge in [0.25, 0.3) is 6.43 Å². The largest absolute Gasteiger partial charge is 0.371 e. The van der Waals surface area contributed by atoms with Crippen LogP contribution >= 0.6 is 0 Å². The molecule has 3 rings (SSSR count). The minimum absolute atomic E-state index is 0.0178. The molecular formula is C29H43F3N4O3. The molecule has 0 unspecified atom stereocenters. The molecule has 1 aliphatic heterocycles. The zero-order valence-corrected chi connectivity index (χ0v) is 23.7. The van der Waals surface area contributed by atoms with E-state index >= 15 is 0 Å². The molecule has 39 heavy (non-hydrogen) atoms. The first-order valence-corrected chi connectivity index (χ1v) is 12.7. The van der Waals surface area contributed by atoms with Gasteiger partial charge < -0.3 is 24.8 Å². The second-order valence-corrected chi connectivity index (χ2v) is 9.42. The van der Waals surface area contributed by atoms with Gasteiger partial charge in [-0.05, 0) is 36.1 Å². The third-order valence-corrected chi connectivity index (χ3v) is 4.88. The molecule has 1 aromatic rings. The highest BCUT2D eigenvalue weighted by Crippen LogP contribution is 2.17. The van der Waals surface area contributed by atoms with E-state index in [1.165, 1.54) is 6.07 Å². The van der Waals surface area contributed by atoms with Crippen LogP contribution in [0.3, 0.4) is 0 Å². The van der Waals surface area contributed by atoms with E-state index in [9.17, 15) is 22.8 Å². The van der Waals surface area contributed by atoms with Gasteiger partial charge in [0.2, 0.25) is 6.41 Å². The molecule has 1 aliphatic carbocycles. The Kier molecular flexibility index (Phi) is 19.6. The van der Waals surface area contributed by atoms with Gasteiger partial charge in [-0.2, -0.15) is 5.10 Å². The van der Waals surface area contributed by atoms with Gasteiger partial charge in [0.05, 0.1) is 6.61 Å². The quantitative estimate of drug-likeness (QED) is 0.246. The number of ether oxygens (including phenoxy) is 1. The first kappa shape index (κ1) is 35.6. The zero-order valence-electron chi connectivity index (χ0n) is 23.7. The van der Waals surface area contributed by atoms with Crippen molar-refractivity contribution in [2.75, 3.05) is 33.8 Å². The molecule has 0 atom stereocenters. The van der Waals surface area contributed by atoms with Crippen LogP contribution in [0.25, 0.3) is 0 Å². The van der Waals surface area contributed by atoms with Crippen molar-refractivity contribution in [3.05, 3.63) is 71.2 Å². The summed E-state index contributed by atoms with van der Waals surface area (Å²) in [5, 5.41) is 3.24. The van der Waals surface area contributed by atoms with E-state index in [1.54, 1.807) is 24.1 Å². The summed E-state index contributed by atoms with van der Waals surface area (Å²) >= 11 is 0. The molecular weight excluding hydrogens is 509 g/mol. The minimum atomic E-state index is -2.51. The van der Waals surface area contributed by atoms with Gasteiger partial charge in [-0.1, -0.05) is 51.1 Å². The molecule has 2 aliphatic rings. The third kappa shape index (κ3) is 17.7. The molecule has 0 saturated carbocycles. The molecule has 0 spiro atoms. The number of halogens is 3. The van der Waals surface area contributed by atoms with Crippen LogP contribution in [-0.4, -0.2) is 69.4 Å². The standard InChI is InChI=1S/C18H20F3NO.C5H7NO2.C4H10.C2H6N2/c1-22(16-6-4-2-3-5-7-16)11-15-9-8-14(10-17(15)19)12-23-13-18(20)21;7-3-5-1-6(2-5)4-8;1-4(2)3;1-3-4-2/h2,4-10,18H,3,11-13H2,1H3;3-5H,1-2H2;4H,1-3H3;4H,1H2,2H3. The number of nitrogens with one attached hydrogen (secondary N) is 1. The zero-order chi connectivity index (χ0) is 29.6. The first-order chi connectivity index (χ1) is 18.6. The number of carbonyl (C=O) groups is 2. The second kappa shape index (κ2) is 21.5. The van der Waals surface area contributed by atoms with Gasteiger partial charge in [-0.15, -0.1) is 0 Å². The highest BCUT2D eigenvalue weighted by Gasteiger charge is 2.23. The maximum atomic E-state index is 14.2. The maximum Gasteiger partial charge on any atom is 0.261 e. The van der Waals surface area contributed by atoms with Gasteiger partial charge in [0.15, 0.2) is 0 Å². The molecule has 1 fully saturated rings. The number of benzene rings is 1. The number of rotatable bonds is 10. The molecule has 7 nitrogen and oxygen atoms in total. The van der Waals surface area contributed by atoms with E-state index in [1.807, 2.05) is 42.3 Å². The van der Waals surface area contributed by atoms with Crippen molar-refractivity contribution in [1.29, 1.82) is 0 Å². The van der Waals surface area contributed by atoms with Gasteiger partial charge in [-0.3, -0.25) is 4.79 Å². The van der Waals surface area contributed by atoms with Crippen molar-refractivity contribution in [1.82, 2.24) is 15.2 Å². The van der Waals surface area contributed by atoms with Crippen molar-refractivity contribution >= 4 is 19.4 Å². The summed E-state index contributed by atoms with van der Waals surface area (Å²) in [6.45, 7) is 10.6. The fourth-order valence-corrected chi connectivity index (χ4v) is 2.97. The van der Waals surface area contributed by atoms with Crippen molar-refractivity contribution in [3.63, 3.8) is 0 Å². The molecule has 1 amide bonds. The highest BCUT2D eigenvalue weighted by atomic mass is 19.3. The lowest BCUT2D eigenvalue weighted by atomic mass is 10.0. The normalized spacial score (nSPS) is 13.8. The Hall–Kier alpha value is -3.40. The van der Waals surface area contributed by atoms with Crippen LogP contribution in [0.4, 0.5) is 13.2 Å². The number of aldehydes is 1. The predicted molar refractivity (Wildman–Crippen MR) is 151 cm³/mol. The van der Waals surface area contributed by atoms with E-state index in [2.05, 4.69) is 38.0 Å². The summed E-state index contributed by atoms with van der Waals surface area (Å²) in [6.07, 6.45) is 10.1. The average Bonchev–Trinajstić information content (AvgIpc) is 3.15. The summed E-state index contributed by atoms with van der Waals surface area (Å²) in [5.41, 5.74) is 4.54. The number of hydrazone groups is 1. The van der Waals surface area contributed by atoms with E-state index in [-0.39, 0.29) is 18.3 Å². The van der Waals surface area contributed by atoms with Gasteiger partial charge in [0, 0.05) is 57.6 Å². The van der Waals surface area contributed by atoms with E-state index in [0.29, 0.717) is 30.8 Å². The highest BCUT2D eigenvalue weighted by molar-refractivity contribution is 5.60. The lowest BCUT2D eigenvalue weighted by Gasteiger charge is -2.32. The molecule has 1 saturated heterocycles. The summed E-state index contributed by atoms with van der Waals surface area (Å²) < 4.78 is 43.0. The summed E-state index contributed by atoms with van der Waals surface area (Å²) in [6, 6.07) is 4.71. The van der Waals surface area contributed by atoms with Crippen molar-refractivity contribution in [2.24, 2.45) is 16.9 Å². The number of amides is 1. The van der Waals surface area contributed by atoms with E-state index in [0.717, 1.165) is 30.7 Å². The van der Waals surface area contributed by atoms with E-state index in [4.69, 9.17) is 4.74 Å². The number of allylic oxidation sites excluding steroid dienone is 5. The number of likely N-dealkylation sites (tertiary alicyclic amines) is 1. The number of likely N-dealkylation sites (N-methyl/N-ethyl adjacent to an activating group) is 1. The Bertz CT molecular complexity index is 916. The number of hydrogen-bond acceptors (Lipinski definition) is 6. The molecule has 1 N–H and O–H groups in total. The van der Waals surface area contributed by atoms with Crippen LogP contribution in [-0.2, 0) is 27.5 Å². The first-order valence-electron chi connectivity index (χ1n) is 12.7. The van der Waals surface area contributed by atoms with Crippen LogP contribution in [0, 0.1) is 17.7 Å². The molecule has 218 valence electrons. The van der Waals surface area contributed by atoms with Gasteiger partial charge in [0.1, 0.15) is 18.7 Å². The van der Waals surface area contributed by atoms with Gasteiger partial charge in [-0.25, -0.2) is 13.2 Å². The lowest BCUT2D eigenvalue weighted by Crippen LogP contribution is -2.46. The Morgan fingerprint density at radius 1 is 1.23 bits per heavy atom. The Labute approximate surface area is 231 Å². The second-order valence-electron chi connectivity index (χ2n) is 9.42. The van der Waals surface area contributed by atoms with Crippen molar-refractivity contribution in [3.8, 4) is 0 Å². The maximum absolute atomic E-state index is 14.2. The molecule has 10 heteroatoms. The minimum Gasteiger partial charge on any atom is -0.371 e. The fourth-order valence-electron chi connectivity index (χ4n) is 2.97. The smallest absolute Gasteiger partial charge is 0.261 e. The molecule has 0 aromatic heterocycles. The number of alkyl halides is 2. The predicted octanol–water partition coefficient (Wildman–Crippen LogP) is 5.20. The van der Waals surface area contributed by atoms with Crippen LogP contribution < -0.4 is 5.43 Å². The Morgan fingerprint density at radius 2 is 1.87 bits per heavy atom. The summed E-state index contributed by atoms with van der Waals surface area (Å²) in [7, 11) is 3.60. The Morgan fingerprint density at radius 3 is 2.38 bits per heavy atom. The van der Waals surface area contributed by atoms with E-state index < -0.39 is 13.0 Å². The molecule has 1 aromatic carbocycles. The molecule has 0 radical (unpaired) electrons. The SMILES string of the molecule is C=NNC.CC(C)C.CN(Cc1ccc(COCC(F)F)cc1F)C1=CC=CCC=C1.O=CC1CN(C=O)C1.